The van der Waals surface area contributed by atoms with E-state index in [1.54, 1.807) is 19.1 Å². The zero-order valence-electron chi connectivity index (χ0n) is 12.6. The summed E-state index contributed by atoms with van der Waals surface area (Å²) in [5.41, 5.74) is 0. The summed E-state index contributed by atoms with van der Waals surface area (Å²) in [6.45, 7) is 1.31. The monoisotopic (exact) mass is 330 g/mol. The van der Waals surface area contributed by atoms with E-state index in [2.05, 4.69) is 0 Å². The molecule has 1 aliphatic heterocycles. The minimum atomic E-state index is -1.48. The summed E-state index contributed by atoms with van der Waals surface area (Å²) in [7, 11) is 0. The molecule has 0 aliphatic carbocycles. The molecule has 0 aromatic heterocycles. The van der Waals surface area contributed by atoms with Gasteiger partial charge in [-0.2, -0.15) is 0 Å². The molecule has 0 amide bonds. The van der Waals surface area contributed by atoms with E-state index in [-0.39, 0.29) is 12.4 Å². The van der Waals surface area contributed by atoms with E-state index in [4.69, 9.17) is 19.3 Å². The maximum Gasteiger partial charge on any atom is 0.187 e. The van der Waals surface area contributed by atoms with Crippen molar-refractivity contribution in [3.05, 3.63) is 24.3 Å². The van der Waals surface area contributed by atoms with Crippen molar-refractivity contribution in [3.63, 3.8) is 0 Å². The summed E-state index contributed by atoms with van der Waals surface area (Å²) in [4.78, 5) is 0. The van der Waals surface area contributed by atoms with Gasteiger partial charge in [-0.1, -0.05) is 0 Å². The van der Waals surface area contributed by atoms with Gasteiger partial charge in [0.05, 0.1) is 12.7 Å². The Morgan fingerprint density at radius 2 is 1.74 bits per heavy atom. The average molecular weight is 330 g/mol. The van der Waals surface area contributed by atoms with Gasteiger partial charge in [0.2, 0.25) is 0 Å². The Kier molecular flexibility index (Phi) is 6.17. The molecular weight excluding hydrogens is 308 g/mol. The van der Waals surface area contributed by atoms with Gasteiger partial charge in [0.15, 0.2) is 6.29 Å². The highest BCUT2D eigenvalue weighted by atomic mass is 16.7. The van der Waals surface area contributed by atoms with Crippen LogP contribution in [-0.4, -0.2) is 75.6 Å². The highest BCUT2D eigenvalue weighted by molar-refractivity contribution is 5.30. The topological polar surface area (TPSA) is 129 Å². The summed E-state index contributed by atoms with van der Waals surface area (Å²) < 4.78 is 16.2. The zero-order chi connectivity index (χ0) is 17.0. The number of aliphatic hydroxyl groups excluding tert-OH is 4. The molecule has 1 saturated heterocycles. The van der Waals surface area contributed by atoms with Gasteiger partial charge in [0.1, 0.15) is 42.5 Å². The van der Waals surface area contributed by atoms with Crippen molar-refractivity contribution in [1.82, 2.24) is 0 Å². The van der Waals surface area contributed by atoms with Crippen LogP contribution < -0.4 is 4.74 Å². The summed E-state index contributed by atoms with van der Waals surface area (Å²) in [5.74, 6) is 0.662. The third-order valence-corrected chi connectivity index (χ3v) is 3.54. The van der Waals surface area contributed by atoms with E-state index in [1.165, 1.54) is 12.1 Å². The number of rotatable bonds is 6. The van der Waals surface area contributed by atoms with Crippen LogP contribution in [0, 0.1) is 0 Å². The minimum absolute atomic E-state index is 0.128. The summed E-state index contributed by atoms with van der Waals surface area (Å²) in [6, 6.07) is 6.16. The van der Waals surface area contributed by atoms with E-state index in [9.17, 15) is 20.4 Å². The van der Waals surface area contributed by atoms with Gasteiger partial charge in [0.25, 0.3) is 0 Å². The summed E-state index contributed by atoms with van der Waals surface area (Å²) in [5, 5.41) is 47.6. The van der Waals surface area contributed by atoms with Crippen LogP contribution in [0.2, 0.25) is 0 Å². The number of aliphatic hydroxyl groups is 4. The number of phenolic OH excluding ortho intramolecular Hbond substituents is 1. The fourth-order valence-corrected chi connectivity index (χ4v) is 2.20. The molecule has 1 unspecified atom stereocenters. The molecule has 1 fully saturated rings. The average Bonchev–Trinajstić information content (AvgIpc) is 2.55. The van der Waals surface area contributed by atoms with Crippen LogP contribution in [0.4, 0.5) is 0 Å². The van der Waals surface area contributed by atoms with Crippen LogP contribution in [0.15, 0.2) is 24.3 Å². The molecular formula is C15H22O8. The molecule has 8 nitrogen and oxygen atoms in total. The number of hydrogen-bond donors (Lipinski definition) is 5. The molecule has 1 aromatic rings. The second-order valence-electron chi connectivity index (χ2n) is 5.45. The van der Waals surface area contributed by atoms with E-state index < -0.39 is 43.4 Å². The van der Waals surface area contributed by atoms with Crippen molar-refractivity contribution in [2.24, 2.45) is 0 Å². The van der Waals surface area contributed by atoms with E-state index in [0.717, 1.165) is 0 Å². The Morgan fingerprint density at radius 3 is 2.35 bits per heavy atom. The van der Waals surface area contributed by atoms with Crippen molar-refractivity contribution >= 4 is 0 Å². The summed E-state index contributed by atoms with van der Waals surface area (Å²) >= 11 is 0. The maximum atomic E-state index is 9.88. The van der Waals surface area contributed by atoms with Gasteiger partial charge in [-0.15, -0.1) is 0 Å². The third-order valence-electron chi connectivity index (χ3n) is 3.54. The molecule has 0 saturated carbocycles. The molecule has 2 rings (SSSR count). The Morgan fingerprint density at radius 1 is 1.09 bits per heavy atom. The highest BCUT2D eigenvalue weighted by Gasteiger charge is 2.44. The molecule has 6 atom stereocenters. The Bertz CT molecular complexity index is 477. The molecule has 0 radical (unpaired) electrons. The second kappa shape index (κ2) is 7.91. The first kappa shape index (κ1) is 17.9. The largest absolute Gasteiger partial charge is 0.508 e. The minimum Gasteiger partial charge on any atom is -0.508 e. The zero-order valence-corrected chi connectivity index (χ0v) is 12.6. The molecule has 0 spiro atoms. The van der Waals surface area contributed by atoms with Crippen molar-refractivity contribution in [3.8, 4) is 11.5 Å². The first-order valence-corrected chi connectivity index (χ1v) is 7.30. The number of hydrogen-bond acceptors (Lipinski definition) is 8. The predicted octanol–water partition coefficient (Wildman–Crippen LogP) is -1.02. The lowest BCUT2D eigenvalue weighted by Gasteiger charge is -2.40. The quantitative estimate of drug-likeness (QED) is 0.448. The van der Waals surface area contributed by atoms with Crippen molar-refractivity contribution in [1.29, 1.82) is 0 Å². The predicted molar refractivity (Wildman–Crippen MR) is 77.9 cm³/mol. The van der Waals surface area contributed by atoms with E-state index in [0.29, 0.717) is 5.75 Å². The Hall–Kier alpha value is -1.42. The van der Waals surface area contributed by atoms with E-state index >= 15 is 0 Å². The van der Waals surface area contributed by atoms with Crippen molar-refractivity contribution in [2.45, 2.75) is 43.7 Å². The SMILES string of the molecule is CC(COc1ccc(O)cc1)O[C@@H]1O[C@H](CO)[C@@H](O)[C@H](O)[C@H]1O. The number of ether oxygens (including phenoxy) is 3. The molecule has 1 aliphatic rings. The van der Waals surface area contributed by atoms with Gasteiger partial charge in [0, 0.05) is 0 Å². The molecule has 0 bridgehead atoms. The standard InChI is InChI=1S/C15H22O8/c1-8(7-21-10-4-2-9(17)3-5-10)22-15-14(20)13(19)12(18)11(6-16)23-15/h2-5,8,11-20H,6-7H2,1H3/t8?,11-,12-,13+,14-,15-/m1/s1. The molecule has 23 heavy (non-hydrogen) atoms. The van der Waals surface area contributed by atoms with Crippen molar-refractivity contribution < 1.29 is 39.7 Å². The van der Waals surface area contributed by atoms with Gasteiger partial charge >= 0.3 is 0 Å². The third kappa shape index (κ3) is 4.54. The van der Waals surface area contributed by atoms with Crippen molar-refractivity contribution in [2.75, 3.05) is 13.2 Å². The first-order valence-electron chi connectivity index (χ1n) is 7.30. The number of phenols is 1. The smallest absolute Gasteiger partial charge is 0.187 e. The maximum absolute atomic E-state index is 9.88. The lowest BCUT2D eigenvalue weighted by molar-refractivity contribution is -0.311. The lowest BCUT2D eigenvalue weighted by atomic mass is 9.99. The highest BCUT2D eigenvalue weighted by Crippen LogP contribution is 2.23. The molecule has 1 heterocycles. The van der Waals surface area contributed by atoms with Crippen LogP contribution in [0.3, 0.4) is 0 Å². The lowest BCUT2D eigenvalue weighted by Crippen LogP contribution is -2.59. The molecule has 5 N–H and O–H groups in total. The first-order chi connectivity index (χ1) is 10.9. The van der Waals surface area contributed by atoms with Gasteiger partial charge in [-0.25, -0.2) is 0 Å². The van der Waals surface area contributed by atoms with Crippen LogP contribution in [0.5, 0.6) is 11.5 Å². The van der Waals surface area contributed by atoms with Crippen LogP contribution in [0.1, 0.15) is 6.92 Å². The fourth-order valence-electron chi connectivity index (χ4n) is 2.20. The van der Waals surface area contributed by atoms with Crippen LogP contribution in [-0.2, 0) is 9.47 Å². The van der Waals surface area contributed by atoms with Gasteiger partial charge in [-0.05, 0) is 31.2 Å². The van der Waals surface area contributed by atoms with Crippen LogP contribution in [0.25, 0.3) is 0 Å². The summed E-state index contributed by atoms with van der Waals surface area (Å²) in [6.07, 6.45) is -7.03. The fraction of sp³-hybridized carbons (Fsp3) is 0.600. The van der Waals surface area contributed by atoms with Gasteiger partial charge in [-0.3, -0.25) is 0 Å². The molecule has 8 heteroatoms. The van der Waals surface area contributed by atoms with Crippen LogP contribution >= 0.6 is 0 Å². The normalized spacial score (nSPS) is 32.5. The second-order valence-corrected chi connectivity index (χ2v) is 5.45. The Labute approximate surface area is 133 Å². The molecule has 1 aromatic carbocycles. The number of aromatic hydroxyl groups is 1. The number of benzene rings is 1. The van der Waals surface area contributed by atoms with E-state index in [1.807, 2.05) is 0 Å². The van der Waals surface area contributed by atoms with Gasteiger partial charge < -0.3 is 39.7 Å². The Balaban J connectivity index is 1.86. The molecule has 130 valence electrons.